The molecule has 2 amide bonds. The number of likely N-dealkylation sites (tertiary alicyclic amines) is 1. The Kier molecular flexibility index (Phi) is 3.52. The molecule has 1 aliphatic rings. The van der Waals surface area contributed by atoms with Gasteiger partial charge in [-0.3, -0.25) is 5.32 Å². The number of hydrogen-bond acceptors (Lipinski definition) is 1. The summed E-state index contributed by atoms with van der Waals surface area (Å²) in [6.45, 7) is 1.76. The number of amides is 2. The van der Waals surface area contributed by atoms with Gasteiger partial charge in [-0.25, -0.2) is 9.28 Å². The Labute approximate surface area is 119 Å². The van der Waals surface area contributed by atoms with Gasteiger partial charge in [0.15, 0.2) is 0 Å². The maximum atomic E-state index is 12.8. The number of hydrogen-bond donors (Lipinski definition) is 1. The lowest BCUT2D eigenvalue weighted by Gasteiger charge is -2.30. The first-order chi connectivity index (χ1) is 9.81. The molecule has 3 heteroatoms. The summed E-state index contributed by atoms with van der Waals surface area (Å²) < 4.78 is 0.412. The van der Waals surface area contributed by atoms with Crippen LogP contribution in [-0.2, 0) is 0 Å². The molecule has 0 aromatic heterocycles. The lowest BCUT2D eigenvalue weighted by Crippen LogP contribution is -2.54. The summed E-state index contributed by atoms with van der Waals surface area (Å²) in [6, 6.07) is 19.8. The summed E-state index contributed by atoms with van der Waals surface area (Å²) in [5, 5.41) is 3.06. The normalized spacial score (nSPS) is 16.8. The van der Waals surface area contributed by atoms with Crippen LogP contribution < -0.4 is 9.80 Å². The molecule has 1 saturated heterocycles. The number of benzene rings is 2. The monoisotopic (exact) mass is 267 g/mol. The topological polar surface area (TPSA) is 29.1 Å². The van der Waals surface area contributed by atoms with E-state index in [-0.39, 0.29) is 6.03 Å². The highest BCUT2D eigenvalue weighted by Gasteiger charge is 2.42. The van der Waals surface area contributed by atoms with Gasteiger partial charge in [0.1, 0.15) is 5.69 Å². The molecule has 0 aliphatic carbocycles. The van der Waals surface area contributed by atoms with Crippen molar-refractivity contribution in [2.24, 2.45) is 0 Å². The lowest BCUT2D eigenvalue weighted by molar-refractivity contribution is 0.222. The summed E-state index contributed by atoms with van der Waals surface area (Å²) in [7, 11) is 0. The molecule has 3 rings (SSSR count). The van der Waals surface area contributed by atoms with Gasteiger partial charge >= 0.3 is 6.03 Å². The molecule has 2 aromatic rings. The predicted octanol–water partition coefficient (Wildman–Crippen LogP) is 4.02. The number of carbonyl (C=O) groups excluding carboxylic acids is 1. The Balaban J connectivity index is 1.89. The second-order valence-electron chi connectivity index (χ2n) is 5.25. The number of nitrogens with one attached hydrogen (secondary N) is 1. The minimum atomic E-state index is 0.0694. The van der Waals surface area contributed by atoms with Crippen LogP contribution in [0.5, 0.6) is 0 Å². The zero-order chi connectivity index (χ0) is 13.8. The van der Waals surface area contributed by atoms with Crippen molar-refractivity contribution in [2.45, 2.75) is 12.8 Å². The fourth-order valence-electron chi connectivity index (χ4n) is 2.92. The van der Waals surface area contributed by atoms with E-state index in [0.717, 1.165) is 37.3 Å². The maximum absolute atomic E-state index is 12.8. The van der Waals surface area contributed by atoms with E-state index in [1.54, 1.807) is 0 Å². The van der Waals surface area contributed by atoms with Gasteiger partial charge < -0.3 is 0 Å². The number of rotatable bonds is 2. The Hall–Kier alpha value is -2.13. The molecule has 1 aliphatic heterocycles. The van der Waals surface area contributed by atoms with Crippen molar-refractivity contribution in [1.82, 2.24) is 4.48 Å². The fraction of sp³-hybridized carbons (Fsp3) is 0.235. The van der Waals surface area contributed by atoms with Gasteiger partial charge in [0.2, 0.25) is 0 Å². The van der Waals surface area contributed by atoms with Crippen LogP contribution in [0, 0.1) is 0 Å². The molecule has 0 spiro atoms. The minimum absolute atomic E-state index is 0.0694. The third-order valence-electron chi connectivity index (χ3n) is 3.99. The minimum Gasteiger partial charge on any atom is -0.275 e. The van der Waals surface area contributed by atoms with E-state index >= 15 is 0 Å². The van der Waals surface area contributed by atoms with E-state index in [1.807, 2.05) is 48.5 Å². The van der Waals surface area contributed by atoms with Crippen molar-refractivity contribution < 1.29 is 4.79 Å². The summed E-state index contributed by atoms with van der Waals surface area (Å²) in [5.74, 6) is 0. The summed E-state index contributed by atoms with van der Waals surface area (Å²) >= 11 is 0. The van der Waals surface area contributed by atoms with E-state index < -0.39 is 0 Å². The zero-order valence-corrected chi connectivity index (χ0v) is 11.5. The second kappa shape index (κ2) is 5.47. The number of para-hydroxylation sites is 2. The fourth-order valence-corrected chi connectivity index (χ4v) is 2.92. The molecule has 0 bridgehead atoms. The van der Waals surface area contributed by atoms with Crippen LogP contribution in [0.15, 0.2) is 60.7 Å². The maximum Gasteiger partial charge on any atom is 0.426 e. The number of quaternary nitrogens is 1. The van der Waals surface area contributed by atoms with E-state index in [9.17, 15) is 4.79 Å². The molecule has 102 valence electrons. The third kappa shape index (κ3) is 2.32. The highest BCUT2D eigenvalue weighted by atomic mass is 16.2. The average Bonchev–Trinajstić information content (AvgIpc) is 3.00. The van der Waals surface area contributed by atoms with Crippen LogP contribution in [0.1, 0.15) is 12.8 Å². The van der Waals surface area contributed by atoms with E-state index in [2.05, 4.69) is 17.4 Å². The van der Waals surface area contributed by atoms with Gasteiger partial charge in [-0.1, -0.05) is 36.4 Å². The smallest absolute Gasteiger partial charge is 0.275 e. The van der Waals surface area contributed by atoms with Crippen molar-refractivity contribution in [2.75, 3.05) is 18.4 Å². The average molecular weight is 267 g/mol. The third-order valence-corrected chi connectivity index (χ3v) is 3.99. The van der Waals surface area contributed by atoms with Crippen LogP contribution in [0.25, 0.3) is 0 Å². The molecule has 0 atom stereocenters. The van der Waals surface area contributed by atoms with Crippen LogP contribution in [0.2, 0.25) is 0 Å². The highest BCUT2D eigenvalue weighted by molar-refractivity contribution is 5.98. The van der Waals surface area contributed by atoms with Crippen molar-refractivity contribution in [3.05, 3.63) is 60.7 Å². The first kappa shape index (κ1) is 12.9. The van der Waals surface area contributed by atoms with Crippen molar-refractivity contribution in [1.29, 1.82) is 0 Å². The standard InChI is InChI=1S/C17H18N2O/c20-17(18-15-9-3-1-4-10-15)19(13-7-8-14-19)16-11-5-2-6-12-16/h1-6,9-12H,7-8,13-14H2/p+1. The van der Waals surface area contributed by atoms with Gasteiger partial charge in [0, 0.05) is 18.5 Å². The molecule has 20 heavy (non-hydrogen) atoms. The largest absolute Gasteiger partial charge is 0.426 e. The SMILES string of the molecule is O=C(Nc1ccccc1)[N+]1(c2ccccc2)CCCC1. The van der Waals surface area contributed by atoms with Gasteiger partial charge in [-0.05, 0) is 24.3 Å². The molecule has 3 nitrogen and oxygen atoms in total. The molecule has 1 fully saturated rings. The number of anilines is 1. The molecule has 2 aromatic carbocycles. The Bertz CT molecular complexity index is 574. The Morgan fingerprint density at radius 3 is 2.00 bits per heavy atom. The highest BCUT2D eigenvalue weighted by Crippen LogP contribution is 2.30. The van der Waals surface area contributed by atoms with Gasteiger partial charge in [0.25, 0.3) is 0 Å². The van der Waals surface area contributed by atoms with Crippen LogP contribution >= 0.6 is 0 Å². The quantitative estimate of drug-likeness (QED) is 0.818. The second-order valence-corrected chi connectivity index (χ2v) is 5.25. The summed E-state index contributed by atoms with van der Waals surface area (Å²) in [6.07, 6.45) is 2.19. The molecule has 0 radical (unpaired) electrons. The molecule has 1 heterocycles. The van der Waals surface area contributed by atoms with Crippen LogP contribution in [-0.4, -0.2) is 19.1 Å². The lowest BCUT2D eigenvalue weighted by atomic mass is 10.2. The number of carbonyl (C=O) groups is 1. The Morgan fingerprint density at radius 2 is 1.40 bits per heavy atom. The first-order valence-electron chi connectivity index (χ1n) is 7.11. The summed E-state index contributed by atoms with van der Waals surface area (Å²) in [5.41, 5.74) is 1.94. The van der Waals surface area contributed by atoms with E-state index in [0.29, 0.717) is 4.48 Å². The van der Waals surface area contributed by atoms with Crippen LogP contribution in [0.3, 0.4) is 0 Å². The first-order valence-corrected chi connectivity index (χ1v) is 7.11. The van der Waals surface area contributed by atoms with Crippen molar-refractivity contribution in [3.63, 3.8) is 0 Å². The molecule has 0 saturated carbocycles. The van der Waals surface area contributed by atoms with Gasteiger partial charge in [0.05, 0.1) is 13.1 Å². The predicted molar refractivity (Wildman–Crippen MR) is 82.7 cm³/mol. The summed E-state index contributed by atoms with van der Waals surface area (Å²) in [4.78, 5) is 12.8. The molecule has 1 N–H and O–H groups in total. The van der Waals surface area contributed by atoms with Crippen molar-refractivity contribution >= 4 is 17.4 Å². The molecular formula is C17H19N2O+. The van der Waals surface area contributed by atoms with Crippen LogP contribution in [0.4, 0.5) is 16.2 Å². The van der Waals surface area contributed by atoms with E-state index in [1.165, 1.54) is 0 Å². The molecule has 0 unspecified atom stereocenters. The Morgan fingerprint density at radius 1 is 0.850 bits per heavy atom. The van der Waals surface area contributed by atoms with E-state index in [4.69, 9.17) is 0 Å². The van der Waals surface area contributed by atoms with Crippen molar-refractivity contribution in [3.8, 4) is 0 Å². The number of urea groups is 1. The van der Waals surface area contributed by atoms with Gasteiger partial charge in [-0.2, -0.15) is 0 Å². The molecular weight excluding hydrogens is 248 g/mol. The zero-order valence-electron chi connectivity index (χ0n) is 11.5. The van der Waals surface area contributed by atoms with Gasteiger partial charge in [-0.15, -0.1) is 0 Å². The number of nitrogens with zero attached hydrogens (tertiary/aromatic N) is 1.